The molecule has 0 aliphatic heterocycles. The third-order valence-corrected chi connectivity index (χ3v) is 4.01. The summed E-state index contributed by atoms with van der Waals surface area (Å²) < 4.78 is 0. The summed E-state index contributed by atoms with van der Waals surface area (Å²) in [7, 11) is 0. The molecule has 0 unspecified atom stereocenters. The number of hydrogen-bond donors (Lipinski definition) is 0. The van der Waals surface area contributed by atoms with Crippen molar-refractivity contribution in [1.82, 2.24) is 0 Å². The number of rotatable bonds is 15. The summed E-state index contributed by atoms with van der Waals surface area (Å²) in [5.74, 6) is 0.842. The fourth-order valence-corrected chi connectivity index (χ4v) is 2.66. The van der Waals surface area contributed by atoms with Crippen LogP contribution < -0.4 is 0 Å². The van der Waals surface area contributed by atoms with Gasteiger partial charge in [-0.1, -0.05) is 82.8 Å². The van der Waals surface area contributed by atoms with E-state index in [4.69, 9.17) is 11.6 Å². The highest BCUT2D eigenvalue weighted by Crippen LogP contribution is 2.13. The summed E-state index contributed by atoms with van der Waals surface area (Å²) >= 11 is 5.66. The van der Waals surface area contributed by atoms with Gasteiger partial charge >= 0.3 is 0 Å². The van der Waals surface area contributed by atoms with E-state index < -0.39 is 0 Å². The standard InChI is InChI=1S/C18H35Cl/c1-2-3-4-5-6-7-8-9-10-11-12-13-14-15-16-17-18-19/h2-3H,4-18H2,1H3. The van der Waals surface area contributed by atoms with Gasteiger partial charge in [0.2, 0.25) is 0 Å². The molecular weight excluding hydrogens is 252 g/mol. The van der Waals surface area contributed by atoms with Crippen molar-refractivity contribution in [1.29, 1.82) is 0 Å². The molecule has 0 aliphatic rings. The first-order valence-electron chi connectivity index (χ1n) is 8.59. The number of hydrogen-bond acceptors (Lipinski definition) is 0. The Bertz CT molecular complexity index is 175. The van der Waals surface area contributed by atoms with E-state index in [0.717, 1.165) is 5.88 Å². The lowest BCUT2D eigenvalue weighted by Gasteiger charge is -2.02. The van der Waals surface area contributed by atoms with Gasteiger partial charge in [0.1, 0.15) is 0 Å². The molecule has 1 heteroatoms. The molecule has 0 atom stereocenters. The van der Waals surface area contributed by atoms with E-state index >= 15 is 0 Å². The molecule has 0 saturated heterocycles. The molecule has 0 bridgehead atoms. The van der Waals surface area contributed by atoms with Crippen molar-refractivity contribution in [3.8, 4) is 0 Å². The molecule has 19 heavy (non-hydrogen) atoms. The fraction of sp³-hybridized carbons (Fsp3) is 0.889. The largest absolute Gasteiger partial charge is 0.127 e. The number of alkyl halides is 1. The minimum absolute atomic E-state index is 0.842. The lowest BCUT2D eigenvalue weighted by atomic mass is 10.0. The Hall–Kier alpha value is 0.0300. The molecule has 0 nitrogen and oxygen atoms in total. The lowest BCUT2D eigenvalue weighted by Crippen LogP contribution is -1.83. The summed E-state index contributed by atoms with van der Waals surface area (Å²) in [6.45, 7) is 2.11. The van der Waals surface area contributed by atoms with E-state index in [1.165, 1.54) is 89.9 Å². The van der Waals surface area contributed by atoms with Crippen LogP contribution in [0, 0.1) is 0 Å². The number of allylic oxidation sites excluding steroid dienone is 2. The molecule has 0 fully saturated rings. The zero-order chi connectivity index (χ0) is 14.0. The van der Waals surface area contributed by atoms with Gasteiger partial charge in [-0.25, -0.2) is 0 Å². The average molecular weight is 287 g/mol. The molecule has 0 spiro atoms. The van der Waals surface area contributed by atoms with Crippen LogP contribution in [0.15, 0.2) is 12.2 Å². The van der Waals surface area contributed by atoms with E-state index in [2.05, 4.69) is 19.1 Å². The van der Waals surface area contributed by atoms with Crippen molar-refractivity contribution in [2.75, 3.05) is 5.88 Å². The Morgan fingerprint density at radius 1 is 0.579 bits per heavy atom. The first-order chi connectivity index (χ1) is 9.41. The topological polar surface area (TPSA) is 0 Å². The van der Waals surface area contributed by atoms with Gasteiger partial charge in [0.05, 0.1) is 0 Å². The van der Waals surface area contributed by atoms with Gasteiger partial charge in [-0.2, -0.15) is 0 Å². The third kappa shape index (κ3) is 18.0. The van der Waals surface area contributed by atoms with Gasteiger partial charge in [0, 0.05) is 5.88 Å². The van der Waals surface area contributed by atoms with Gasteiger partial charge in [0.15, 0.2) is 0 Å². The molecule has 0 rings (SSSR count). The van der Waals surface area contributed by atoms with Crippen LogP contribution in [-0.2, 0) is 0 Å². The Morgan fingerprint density at radius 3 is 1.32 bits per heavy atom. The summed E-state index contributed by atoms with van der Waals surface area (Å²) in [5, 5.41) is 0. The van der Waals surface area contributed by atoms with Gasteiger partial charge in [-0.3, -0.25) is 0 Å². The molecule has 114 valence electrons. The lowest BCUT2D eigenvalue weighted by molar-refractivity contribution is 0.540. The van der Waals surface area contributed by atoms with Crippen LogP contribution in [0.2, 0.25) is 0 Å². The third-order valence-electron chi connectivity index (χ3n) is 3.74. The van der Waals surface area contributed by atoms with Crippen LogP contribution >= 0.6 is 11.6 Å². The second kappa shape index (κ2) is 18.0. The minimum atomic E-state index is 0.842. The highest BCUT2D eigenvalue weighted by Gasteiger charge is 1.93. The molecule has 0 aromatic heterocycles. The molecule has 0 amide bonds. The van der Waals surface area contributed by atoms with Crippen LogP contribution in [0.1, 0.15) is 96.8 Å². The van der Waals surface area contributed by atoms with Gasteiger partial charge in [-0.05, 0) is 26.2 Å². The van der Waals surface area contributed by atoms with Crippen molar-refractivity contribution in [3.05, 3.63) is 12.2 Å². The van der Waals surface area contributed by atoms with Crippen LogP contribution in [0.5, 0.6) is 0 Å². The maximum Gasteiger partial charge on any atom is 0.0223 e. The van der Waals surface area contributed by atoms with Gasteiger partial charge < -0.3 is 0 Å². The predicted octanol–water partition coefficient (Wildman–Crippen LogP) is 7.26. The van der Waals surface area contributed by atoms with Crippen molar-refractivity contribution in [3.63, 3.8) is 0 Å². The van der Waals surface area contributed by atoms with Crippen molar-refractivity contribution < 1.29 is 0 Å². The van der Waals surface area contributed by atoms with Crippen LogP contribution in [-0.4, -0.2) is 5.88 Å². The zero-order valence-electron chi connectivity index (χ0n) is 13.1. The fourth-order valence-electron chi connectivity index (χ4n) is 2.47. The SMILES string of the molecule is CC=CCCCCCCCCCCCCCCCCl. The van der Waals surface area contributed by atoms with E-state index in [9.17, 15) is 0 Å². The first-order valence-corrected chi connectivity index (χ1v) is 9.12. The molecule has 0 aliphatic carbocycles. The second-order valence-electron chi connectivity index (χ2n) is 5.64. The normalized spacial score (nSPS) is 11.5. The van der Waals surface area contributed by atoms with Gasteiger partial charge in [0.25, 0.3) is 0 Å². The van der Waals surface area contributed by atoms with E-state index in [1.54, 1.807) is 0 Å². The zero-order valence-corrected chi connectivity index (χ0v) is 13.9. The van der Waals surface area contributed by atoms with Crippen molar-refractivity contribution >= 4 is 11.6 Å². The molecule has 0 aromatic carbocycles. The Labute approximate surface area is 127 Å². The maximum atomic E-state index is 5.66. The molecular formula is C18H35Cl. The minimum Gasteiger partial charge on any atom is -0.127 e. The quantitative estimate of drug-likeness (QED) is 0.169. The Morgan fingerprint density at radius 2 is 0.947 bits per heavy atom. The van der Waals surface area contributed by atoms with Gasteiger partial charge in [-0.15, -0.1) is 11.6 Å². The smallest absolute Gasteiger partial charge is 0.0223 e. The highest BCUT2D eigenvalue weighted by atomic mass is 35.5. The van der Waals surface area contributed by atoms with Crippen LogP contribution in [0.4, 0.5) is 0 Å². The van der Waals surface area contributed by atoms with E-state index in [1.807, 2.05) is 0 Å². The first kappa shape index (κ1) is 19.0. The van der Waals surface area contributed by atoms with E-state index in [-0.39, 0.29) is 0 Å². The molecule has 0 aromatic rings. The summed E-state index contributed by atoms with van der Waals surface area (Å²) in [6.07, 6.45) is 24.0. The highest BCUT2D eigenvalue weighted by molar-refractivity contribution is 6.17. The van der Waals surface area contributed by atoms with Crippen LogP contribution in [0.25, 0.3) is 0 Å². The predicted molar refractivity (Wildman–Crippen MR) is 90.2 cm³/mol. The Kier molecular flexibility index (Phi) is 18.1. The number of halogens is 1. The summed E-state index contributed by atoms with van der Waals surface area (Å²) in [4.78, 5) is 0. The average Bonchev–Trinajstić information content (AvgIpc) is 2.43. The van der Waals surface area contributed by atoms with Crippen molar-refractivity contribution in [2.24, 2.45) is 0 Å². The molecule has 0 saturated carbocycles. The maximum absolute atomic E-state index is 5.66. The van der Waals surface area contributed by atoms with Crippen LogP contribution in [0.3, 0.4) is 0 Å². The van der Waals surface area contributed by atoms with E-state index in [0.29, 0.717) is 0 Å². The molecule has 0 heterocycles. The second-order valence-corrected chi connectivity index (χ2v) is 6.02. The monoisotopic (exact) mass is 286 g/mol. The summed E-state index contributed by atoms with van der Waals surface area (Å²) in [6, 6.07) is 0. The number of unbranched alkanes of at least 4 members (excludes halogenated alkanes) is 13. The summed E-state index contributed by atoms with van der Waals surface area (Å²) in [5.41, 5.74) is 0. The molecule has 0 radical (unpaired) electrons. The van der Waals surface area contributed by atoms with Crippen molar-refractivity contribution in [2.45, 2.75) is 96.8 Å². The molecule has 0 N–H and O–H groups in total. The Balaban J connectivity index is 2.91.